The van der Waals surface area contributed by atoms with Crippen LogP contribution in [0.15, 0.2) is 17.7 Å². The van der Waals surface area contributed by atoms with E-state index in [-0.39, 0.29) is 0 Å². The second-order valence-electron chi connectivity index (χ2n) is 8.24. The summed E-state index contributed by atoms with van der Waals surface area (Å²) in [5.74, 6) is 0. The van der Waals surface area contributed by atoms with Crippen LogP contribution in [0.5, 0.6) is 0 Å². The van der Waals surface area contributed by atoms with Gasteiger partial charge in [0.1, 0.15) is 0 Å². The van der Waals surface area contributed by atoms with E-state index in [1.165, 1.54) is 33.4 Å². The van der Waals surface area contributed by atoms with Gasteiger partial charge in [-0.05, 0) is 54.5 Å². The van der Waals surface area contributed by atoms with E-state index in [9.17, 15) is 0 Å². The standard InChI is InChI=1S/C22H28O4/c1-13-14(2)21(4-3-15(13)5-17-9-23-17)22(8-20-12-26-20)16(6-18-10-24-18)7-19-11-25-19/h3-4,17-20H,5-12H2,1-2H3. The van der Waals surface area contributed by atoms with Gasteiger partial charge in [-0.15, -0.1) is 0 Å². The summed E-state index contributed by atoms with van der Waals surface area (Å²) in [6.07, 6.45) is 5.77. The Morgan fingerprint density at radius 1 is 0.769 bits per heavy atom. The number of hydrogen-bond donors (Lipinski definition) is 0. The first-order chi connectivity index (χ1) is 12.7. The molecule has 140 valence electrons. The van der Waals surface area contributed by atoms with Crippen molar-refractivity contribution in [1.29, 1.82) is 0 Å². The van der Waals surface area contributed by atoms with Crippen LogP contribution in [0.3, 0.4) is 0 Å². The second kappa shape index (κ2) is 6.75. The molecule has 0 spiro atoms. The van der Waals surface area contributed by atoms with E-state index in [0.717, 1.165) is 52.1 Å². The molecular formula is C22H28O4. The minimum Gasteiger partial charge on any atom is -0.373 e. The summed E-state index contributed by atoms with van der Waals surface area (Å²) in [5.41, 5.74) is 8.64. The highest BCUT2D eigenvalue weighted by molar-refractivity contribution is 5.73. The maximum absolute atomic E-state index is 5.59. The summed E-state index contributed by atoms with van der Waals surface area (Å²) in [4.78, 5) is 0. The first kappa shape index (κ1) is 16.9. The molecular weight excluding hydrogens is 328 g/mol. The van der Waals surface area contributed by atoms with Gasteiger partial charge in [0.2, 0.25) is 0 Å². The van der Waals surface area contributed by atoms with Gasteiger partial charge in [0.05, 0.1) is 50.8 Å². The molecule has 4 fully saturated rings. The third-order valence-electron chi connectivity index (χ3n) is 6.09. The molecule has 4 heteroatoms. The highest BCUT2D eigenvalue weighted by Gasteiger charge is 2.33. The van der Waals surface area contributed by atoms with Gasteiger partial charge >= 0.3 is 0 Å². The molecule has 0 aromatic heterocycles. The van der Waals surface area contributed by atoms with Crippen LogP contribution in [0.4, 0.5) is 0 Å². The first-order valence-electron chi connectivity index (χ1n) is 9.94. The van der Waals surface area contributed by atoms with Gasteiger partial charge in [0.15, 0.2) is 0 Å². The van der Waals surface area contributed by atoms with Crippen LogP contribution in [0.1, 0.15) is 41.5 Å². The van der Waals surface area contributed by atoms with E-state index < -0.39 is 0 Å². The highest BCUT2D eigenvalue weighted by Crippen LogP contribution is 2.39. The number of rotatable bonds is 9. The summed E-state index contributed by atoms with van der Waals surface area (Å²) in [5, 5.41) is 0. The number of benzene rings is 1. The van der Waals surface area contributed by atoms with Crippen molar-refractivity contribution in [2.45, 2.75) is 63.9 Å². The molecule has 1 aromatic carbocycles. The molecule has 26 heavy (non-hydrogen) atoms. The summed E-state index contributed by atoms with van der Waals surface area (Å²) >= 11 is 0. The maximum atomic E-state index is 5.59. The van der Waals surface area contributed by atoms with Crippen molar-refractivity contribution < 1.29 is 18.9 Å². The summed E-state index contributed by atoms with van der Waals surface area (Å²) in [7, 11) is 0. The molecule has 4 heterocycles. The van der Waals surface area contributed by atoms with Crippen molar-refractivity contribution in [3.63, 3.8) is 0 Å². The molecule has 0 bridgehead atoms. The van der Waals surface area contributed by atoms with Crippen molar-refractivity contribution >= 4 is 5.57 Å². The van der Waals surface area contributed by atoms with Gasteiger partial charge in [-0.2, -0.15) is 0 Å². The second-order valence-corrected chi connectivity index (χ2v) is 8.24. The smallest absolute Gasteiger partial charge is 0.0850 e. The molecule has 0 N–H and O–H groups in total. The zero-order valence-electron chi connectivity index (χ0n) is 15.8. The van der Waals surface area contributed by atoms with Crippen molar-refractivity contribution in [1.82, 2.24) is 0 Å². The normalized spacial score (nSPS) is 30.8. The Hall–Kier alpha value is -1.20. The van der Waals surface area contributed by atoms with Crippen LogP contribution in [-0.2, 0) is 25.4 Å². The lowest BCUT2D eigenvalue weighted by atomic mass is 9.85. The van der Waals surface area contributed by atoms with Crippen LogP contribution in [0.2, 0.25) is 0 Å². The van der Waals surface area contributed by atoms with Gasteiger partial charge in [-0.3, -0.25) is 0 Å². The fourth-order valence-corrected chi connectivity index (χ4v) is 3.97. The largest absolute Gasteiger partial charge is 0.373 e. The van der Waals surface area contributed by atoms with Crippen molar-refractivity contribution in [3.8, 4) is 0 Å². The third kappa shape index (κ3) is 4.04. The summed E-state index contributed by atoms with van der Waals surface area (Å²) in [6, 6.07) is 4.64. The number of ether oxygens (including phenoxy) is 4. The van der Waals surface area contributed by atoms with Crippen LogP contribution in [0, 0.1) is 13.8 Å². The molecule has 0 radical (unpaired) electrons. The Morgan fingerprint density at radius 2 is 1.31 bits per heavy atom. The Morgan fingerprint density at radius 3 is 1.85 bits per heavy atom. The predicted molar refractivity (Wildman–Crippen MR) is 99.4 cm³/mol. The van der Waals surface area contributed by atoms with Gasteiger partial charge in [-0.25, -0.2) is 0 Å². The minimum absolute atomic E-state index is 0.388. The molecule has 4 nitrogen and oxygen atoms in total. The Labute approximate surface area is 155 Å². The van der Waals surface area contributed by atoms with Crippen LogP contribution < -0.4 is 0 Å². The molecule has 5 rings (SSSR count). The van der Waals surface area contributed by atoms with Gasteiger partial charge in [0.25, 0.3) is 0 Å². The molecule has 4 saturated heterocycles. The maximum Gasteiger partial charge on any atom is 0.0850 e. The molecule has 1 aromatic rings. The van der Waals surface area contributed by atoms with E-state index in [4.69, 9.17) is 18.9 Å². The van der Waals surface area contributed by atoms with E-state index >= 15 is 0 Å². The van der Waals surface area contributed by atoms with Gasteiger partial charge in [0, 0.05) is 12.8 Å². The Kier molecular flexibility index (Phi) is 4.40. The molecule has 0 amide bonds. The van der Waals surface area contributed by atoms with Crippen LogP contribution in [0.25, 0.3) is 5.57 Å². The highest BCUT2D eigenvalue weighted by atomic mass is 16.6. The van der Waals surface area contributed by atoms with Gasteiger partial charge < -0.3 is 18.9 Å². The summed E-state index contributed by atoms with van der Waals surface area (Å²) < 4.78 is 22.1. The fourth-order valence-electron chi connectivity index (χ4n) is 3.97. The number of epoxide rings is 4. The lowest BCUT2D eigenvalue weighted by Gasteiger charge is -2.19. The fraction of sp³-hybridized carbons (Fsp3) is 0.636. The van der Waals surface area contributed by atoms with Crippen LogP contribution in [-0.4, -0.2) is 50.8 Å². The average Bonchev–Trinajstić information content (AvgIpc) is 3.44. The third-order valence-corrected chi connectivity index (χ3v) is 6.09. The number of hydrogen-bond acceptors (Lipinski definition) is 4. The molecule has 4 atom stereocenters. The average molecular weight is 356 g/mol. The Balaban J connectivity index is 1.50. The lowest BCUT2D eigenvalue weighted by Crippen LogP contribution is -2.06. The predicted octanol–water partition coefficient (Wildman–Crippen LogP) is 3.37. The molecule has 0 aliphatic carbocycles. The molecule has 0 saturated carbocycles. The van der Waals surface area contributed by atoms with Crippen molar-refractivity contribution in [3.05, 3.63) is 40.0 Å². The van der Waals surface area contributed by atoms with Crippen molar-refractivity contribution in [2.75, 3.05) is 26.4 Å². The van der Waals surface area contributed by atoms with E-state index in [1.807, 2.05) is 0 Å². The van der Waals surface area contributed by atoms with E-state index in [1.54, 1.807) is 0 Å². The molecule has 4 unspecified atom stereocenters. The first-order valence-corrected chi connectivity index (χ1v) is 9.94. The zero-order chi connectivity index (χ0) is 17.7. The van der Waals surface area contributed by atoms with Crippen LogP contribution >= 0.6 is 0 Å². The van der Waals surface area contributed by atoms with E-state index in [2.05, 4.69) is 26.0 Å². The Bertz CT molecular complexity index is 706. The SMILES string of the molecule is Cc1c(CC2CO2)ccc(C(CC2CO2)=C(CC2CO2)CC2CO2)c1C. The van der Waals surface area contributed by atoms with E-state index in [0.29, 0.717) is 24.4 Å². The molecule has 4 aliphatic rings. The van der Waals surface area contributed by atoms with Gasteiger partial charge in [-0.1, -0.05) is 17.7 Å². The summed E-state index contributed by atoms with van der Waals surface area (Å²) in [6.45, 7) is 8.15. The zero-order valence-corrected chi connectivity index (χ0v) is 15.8. The van der Waals surface area contributed by atoms with Crippen molar-refractivity contribution in [2.24, 2.45) is 0 Å². The minimum atomic E-state index is 0.388. The molecule has 4 aliphatic heterocycles. The topological polar surface area (TPSA) is 50.1 Å². The lowest BCUT2D eigenvalue weighted by molar-refractivity contribution is 0.389. The quantitative estimate of drug-likeness (QED) is 0.637. The monoisotopic (exact) mass is 356 g/mol.